The summed E-state index contributed by atoms with van der Waals surface area (Å²) in [4.78, 5) is 13.7. The number of benzene rings is 3. The number of rotatable bonds is 10. The molecule has 0 aromatic heterocycles. The van der Waals surface area contributed by atoms with Gasteiger partial charge in [0, 0.05) is 5.56 Å². The highest BCUT2D eigenvalue weighted by molar-refractivity contribution is 7.93. The van der Waals surface area contributed by atoms with E-state index in [-0.39, 0.29) is 16.1 Å². The van der Waals surface area contributed by atoms with Gasteiger partial charge in [-0.2, -0.15) is 4.31 Å². The average Bonchev–Trinajstić information content (AvgIpc) is 2.82. The third-order valence-corrected chi connectivity index (χ3v) is 6.34. The van der Waals surface area contributed by atoms with Crippen LogP contribution in [-0.2, 0) is 10.0 Å². The van der Waals surface area contributed by atoms with Crippen molar-refractivity contribution in [2.75, 3.05) is 24.1 Å². The summed E-state index contributed by atoms with van der Waals surface area (Å²) in [6.45, 7) is 6.46. The van der Waals surface area contributed by atoms with Crippen molar-refractivity contribution < 1.29 is 27.4 Å². The molecule has 0 bridgehead atoms. The Morgan fingerprint density at radius 1 is 0.758 bits per heavy atom. The Bertz CT molecular complexity index is 1150. The van der Waals surface area contributed by atoms with Crippen LogP contribution in [0.25, 0.3) is 0 Å². The summed E-state index contributed by atoms with van der Waals surface area (Å²) in [7, 11) is -4.20. The molecule has 8 heteroatoms. The smallest absolute Gasteiger partial charge is 0.272 e. The first-order chi connectivity index (χ1) is 15.9. The van der Waals surface area contributed by atoms with Crippen LogP contribution in [0.4, 0.5) is 5.69 Å². The van der Waals surface area contributed by atoms with Crippen LogP contribution in [0.3, 0.4) is 0 Å². The molecule has 3 rings (SSSR count). The van der Waals surface area contributed by atoms with Crippen LogP contribution in [0.15, 0.2) is 77.7 Å². The maximum Gasteiger partial charge on any atom is 0.272 e. The molecule has 3 aromatic rings. The van der Waals surface area contributed by atoms with E-state index in [4.69, 9.17) is 14.2 Å². The van der Waals surface area contributed by atoms with Gasteiger partial charge in [-0.3, -0.25) is 4.79 Å². The second kappa shape index (κ2) is 10.9. The van der Waals surface area contributed by atoms with E-state index in [9.17, 15) is 13.2 Å². The molecule has 0 fully saturated rings. The lowest BCUT2D eigenvalue weighted by molar-refractivity contribution is 0.100. The number of ether oxygens (including phenoxy) is 3. The first kappa shape index (κ1) is 24.1. The van der Waals surface area contributed by atoms with Crippen molar-refractivity contribution in [3.63, 3.8) is 0 Å². The predicted octanol–water partition coefficient (Wildman–Crippen LogP) is 4.92. The van der Waals surface area contributed by atoms with Crippen LogP contribution < -0.4 is 18.5 Å². The third-order valence-electron chi connectivity index (χ3n) is 4.61. The molecule has 0 saturated heterocycles. The molecule has 33 heavy (non-hydrogen) atoms. The van der Waals surface area contributed by atoms with E-state index in [2.05, 4.69) is 0 Å². The van der Waals surface area contributed by atoms with Gasteiger partial charge in [-0.1, -0.05) is 36.4 Å². The largest absolute Gasteiger partial charge is 0.490 e. The maximum absolute atomic E-state index is 13.7. The molecule has 0 atom stereocenters. The van der Waals surface area contributed by atoms with E-state index in [1.165, 1.54) is 24.3 Å². The Morgan fingerprint density at radius 3 is 1.73 bits per heavy atom. The van der Waals surface area contributed by atoms with Crippen molar-refractivity contribution in [2.24, 2.45) is 0 Å². The molecule has 174 valence electrons. The van der Waals surface area contributed by atoms with Crippen LogP contribution >= 0.6 is 0 Å². The fraction of sp³-hybridized carbons (Fsp3) is 0.240. The second-order valence-corrected chi connectivity index (χ2v) is 8.61. The van der Waals surface area contributed by atoms with Crippen molar-refractivity contribution in [2.45, 2.75) is 25.7 Å². The normalized spacial score (nSPS) is 11.0. The number of nitrogens with zero attached hydrogens (tertiary/aromatic N) is 1. The van der Waals surface area contributed by atoms with Gasteiger partial charge in [0.2, 0.25) is 5.75 Å². The van der Waals surface area contributed by atoms with E-state index in [1.54, 1.807) is 62.4 Å². The van der Waals surface area contributed by atoms with E-state index < -0.39 is 15.9 Å². The number of amides is 1. The highest BCUT2D eigenvalue weighted by Gasteiger charge is 2.33. The fourth-order valence-corrected chi connectivity index (χ4v) is 4.69. The summed E-state index contributed by atoms with van der Waals surface area (Å²) in [5, 5.41) is 0. The molecule has 7 nitrogen and oxygen atoms in total. The summed E-state index contributed by atoms with van der Waals surface area (Å²) in [6, 6.07) is 19.0. The third kappa shape index (κ3) is 5.28. The number of hydrogen-bond donors (Lipinski definition) is 0. The number of anilines is 1. The van der Waals surface area contributed by atoms with Crippen molar-refractivity contribution in [3.8, 4) is 17.2 Å². The molecule has 3 aromatic carbocycles. The molecule has 0 saturated carbocycles. The fourth-order valence-electron chi connectivity index (χ4n) is 3.26. The molecule has 0 unspecified atom stereocenters. The van der Waals surface area contributed by atoms with E-state index in [0.29, 0.717) is 37.1 Å². The van der Waals surface area contributed by atoms with E-state index in [1.807, 2.05) is 6.92 Å². The number of hydrogen-bond acceptors (Lipinski definition) is 6. The lowest BCUT2D eigenvalue weighted by Crippen LogP contribution is -2.37. The molecular formula is C25H27NO6S. The van der Waals surface area contributed by atoms with Gasteiger partial charge in [-0.25, -0.2) is 8.42 Å². The summed E-state index contributed by atoms with van der Waals surface area (Å²) < 4.78 is 45.0. The highest BCUT2D eigenvalue weighted by Crippen LogP contribution is 2.40. The minimum atomic E-state index is -4.20. The molecule has 0 aliphatic carbocycles. The average molecular weight is 470 g/mol. The Balaban J connectivity index is 2.19. The van der Waals surface area contributed by atoms with Crippen LogP contribution in [0.5, 0.6) is 17.2 Å². The predicted molar refractivity (Wildman–Crippen MR) is 127 cm³/mol. The van der Waals surface area contributed by atoms with Crippen molar-refractivity contribution in [1.82, 2.24) is 0 Å². The molecule has 0 aliphatic heterocycles. The van der Waals surface area contributed by atoms with Gasteiger partial charge in [0.05, 0.1) is 30.4 Å². The van der Waals surface area contributed by atoms with Gasteiger partial charge in [-0.15, -0.1) is 0 Å². The Hall–Kier alpha value is -3.52. The number of sulfonamides is 1. The minimum Gasteiger partial charge on any atom is -0.490 e. The van der Waals surface area contributed by atoms with Gasteiger partial charge in [-0.05, 0) is 57.2 Å². The Labute approximate surface area is 194 Å². The number of carbonyl (C=O) groups excluding carboxylic acids is 1. The summed E-state index contributed by atoms with van der Waals surface area (Å²) in [5.41, 5.74) is 0.310. The molecule has 0 N–H and O–H groups in total. The minimum absolute atomic E-state index is 0.00297. The Kier molecular flexibility index (Phi) is 7.95. The summed E-state index contributed by atoms with van der Waals surface area (Å²) in [6.07, 6.45) is 0. The molecular weight excluding hydrogens is 442 g/mol. The summed E-state index contributed by atoms with van der Waals surface area (Å²) >= 11 is 0. The van der Waals surface area contributed by atoms with Gasteiger partial charge in [0.15, 0.2) is 11.5 Å². The number of carbonyl (C=O) groups is 1. The van der Waals surface area contributed by atoms with Crippen molar-refractivity contribution >= 4 is 21.6 Å². The van der Waals surface area contributed by atoms with Gasteiger partial charge in [0.25, 0.3) is 15.9 Å². The topological polar surface area (TPSA) is 82.1 Å². The van der Waals surface area contributed by atoms with E-state index >= 15 is 0 Å². The lowest BCUT2D eigenvalue weighted by atomic mass is 10.1. The van der Waals surface area contributed by atoms with Gasteiger partial charge >= 0.3 is 0 Å². The van der Waals surface area contributed by atoms with Gasteiger partial charge < -0.3 is 14.2 Å². The first-order valence-corrected chi connectivity index (χ1v) is 12.1. The number of para-hydroxylation sites is 1. The Morgan fingerprint density at radius 2 is 1.24 bits per heavy atom. The lowest BCUT2D eigenvalue weighted by Gasteiger charge is -2.24. The standard InChI is InChI=1S/C25H27NO6S/c1-4-30-22-17-19(18-23(31-5-2)24(22)32-6-3)25(27)26(20-13-9-7-10-14-20)33(28,29)21-15-11-8-12-16-21/h7-18H,4-6H2,1-3H3. The molecule has 0 aliphatic rings. The SMILES string of the molecule is CCOc1cc(C(=O)N(c2ccccc2)S(=O)(=O)c2ccccc2)cc(OCC)c1OCC. The zero-order chi connectivity index (χ0) is 23.8. The highest BCUT2D eigenvalue weighted by atomic mass is 32.2. The zero-order valence-electron chi connectivity index (χ0n) is 18.9. The first-order valence-electron chi connectivity index (χ1n) is 10.7. The van der Waals surface area contributed by atoms with Crippen LogP contribution in [0, 0.1) is 0 Å². The van der Waals surface area contributed by atoms with Crippen LogP contribution in [0.2, 0.25) is 0 Å². The molecule has 1 amide bonds. The second-order valence-electron chi connectivity index (χ2n) is 6.82. The summed E-state index contributed by atoms with van der Waals surface area (Å²) in [5.74, 6) is 0.238. The molecule has 0 spiro atoms. The van der Waals surface area contributed by atoms with E-state index in [0.717, 1.165) is 4.31 Å². The zero-order valence-corrected chi connectivity index (χ0v) is 19.7. The monoisotopic (exact) mass is 469 g/mol. The van der Waals surface area contributed by atoms with Crippen LogP contribution in [-0.4, -0.2) is 34.1 Å². The quantitative estimate of drug-likeness (QED) is 0.419. The van der Waals surface area contributed by atoms with Crippen molar-refractivity contribution in [1.29, 1.82) is 0 Å². The molecule has 0 radical (unpaired) electrons. The van der Waals surface area contributed by atoms with Gasteiger partial charge in [0.1, 0.15) is 0 Å². The van der Waals surface area contributed by atoms with Crippen LogP contribution in [0.1, 0.15) is 31.1 Å². The molecule has 0 heterocycles. The van der Waals surface area contributed by atoms with Crippen molar-refractivity contribution in [3.05, 3.63) is 78.4 Å². The maximum atomic E-state index is 13.7.